The van der Waals surface area contributed by atoms with E-state index in [4.69, 9.17) is 0 Å². The lowest BCUT2D eigenvalue weighted by molar-refractivity contribution is 1.17. The van der Waals surface area contributed by atoms with Gasteiger partial charge in [-0.15, -0.1) is 0 Å². The van der Waals surface area contributed by atoms with Gasteiger partial charge < -0.3 is 0 Å². The standard InChI is InChI=1S/C40H26N2/c1-3-9-27(10-4-1)31-18-20-36-37(22-31)39(33-16-15-29-13-7-8-14-30(29)21-33)35-19-17-32(28-11-5-2-6-12-28)23-38(35)40(36)34-24-41-26-42-25-34/h1-26H. The number of nitrogens with zero attached hydrogens (tertiary/aromatic N) is 2. The van der Waals surface area contributed by atoms with Crippen molar-refractivity contribution in [3.8, 4) is 44.5 Å². The Kier molecular flexibility index (Phi) is 5.82. The van der Waals surface area contributed by atoms with Gasteiger partial charge in [0.25, 0.3) is 0 Å². The zero-order chi connectivity index (χ0) is 27.9. The van der Waals surface area contributed by atoms with Crippen LogP contribution >= 0.6 is 0 Å². The molecule has 0 aliphatic rings. The molecule has 7 aromatic carbocycles. The van der Waals surface area contributed by atoms with Gasteiger partial charge in [-0.2, -0.15) is 0 Å². The topological polar surface area (TPSA) is 25.8 Å². The first-order chi connectivity index (χ1) is 20.8. The molecule has 0 saturated carbocycles. The van der Waals surface area contributed by atoms with Crippen LogP contribution in [0.1, 0.15) is 0 Å². The fourth-order valence-electron chi connectivity index (χ4n) is 6.24. The highest BCUT2D eigenvalue weighted by Crippen LogP contribution is 2.46. The van der Waals surface area contributed by atoms with Crippen LogP contribution in [-0.2, 0) is 0 Å². The lowest BCUT2D eigenvalue weighted by Gasteiger charge is -2.19. The van der Waals surface area contributed by atoms with E-state index in [-0.39, 0.29) is 0 Å². The summed E-state index contributed by atoms with van der Waals surface area (Å²) in [5, 5.41) is 7.27. The molecule has 0 atom stereocenters. The Morgan fingerprint density at radius 3 is 1.40 bits per heavy atom. The van der Waals surface area contributed by atoms with Gasteiger partial charge in [-0.25, -0.2) is 9.97 Å². The molecule has 1 heterocycles. The predicted octanol–water partition coefficient (Wildman–Crippen LogP) is 10.6. The second-order valence-corrected chi connectivity index (χ2v) is 10.7. The first kappa shape index (κ1) is 24.2. The predicted molar refractivity (Wildman–Crippen MR) is 176 cm³/mol. The molecule has 196 valence electrons. The Hall–Kier alpha value is -5.60. The molecule has 0 fully saturated rings. The van der Waals surface area contributed by atoms with Crippen LogP contribution in [0.3, 0.4) is 0 Å². The van der Waals surface area contributed by atoms with Crippen LogP contribution < -0.4 is 0 Å². The molecule has 0 unspecified atom stereocenters. The summed E-state index contributed by atoms with van der Waals surface area (Å²) in [6, 6.07) is 50.4. The summed E-state index contributed by atoms with van der Waals surface area (Å²) in [6.07, 6.45) is 5.45. The average Bonchev–Trinajstić information content (AvgIpc) is 3.07. The lowest BCUT2D eigenvalue weighted by atomic mass is 9.84. The molecule has 0 N–H and O–H groups in total. The van der Waals surface area contributed by atoms with Crippen LogP contribution in [0.5, 0.6) is 0 Å². The van der Waals surface area contributed by atoms with E-state index < -0.39 is 0 Å². The second-order valence-electron chi connectivity index (χ2n) is 10.7. The molecule has 8 aromatic rings. The van der Waals surface area contributed by atoms with Crippen LogP contribution in [0.15, 0.2) is 158 Å². The van der Waals surface area contributed by atoms with E-state index in [1.165, 1.54) is 65.7 Å². The Morgan fingerprint density at radius 1 is 0.310 bits per heavy atom. The lowest BCUT2D eigenvalue weighted by Crippen LogP contribution is -1.93. The van der Waals surface area contributed by atoms with Gasteiger partial charge in [0.2, 0.25) is 0 Å². The van der Waals surface area contributed by atoms with Gasteiger partial charge in [0.15, 0.2) is 0 Å². The van der Waals surface area contributed by atoms with Gasteiger partial charge in [-0.1, -0.05) is 121 Å². The van der Waals surface area contributed by atoms with E-state index >= 15 is 0 Å². The minimum atomic E-state index is 1.01. The van der Waals surface area contributed by atoms with Gasteiger partial charge in [-0.05, 0) is 83.9 Å². The summed E-state index contributed by atoms with van der Waals surface area (Å²) in [6.45, 7) is 0. The van der Waals surface area contributed by atoms with E-state index in [1.807, 2.05) is 12.4 Å². The summed E-state index contributed by atoms with van der Waals surface area (Å²) >= 11 is 0. The minimum absolute atomic E-state index is 1.01. The molecular formula is C40H26N2. The molecular weight excluding hydrogens is 508 g/mol. The maximum atomic E-state index is 4.42. The number of hydrogen-bond donors (Lipinski definition) is 0. The van der Waals surface area contributed by atoms with E-state index in [0.717, 1.165) is 11.1 Å². The van der Waals surface area contributed by atoms with Gasteiger partial charge in [0, 0.05) is 23.5 Å². The molecule has 2 heteroatoms. The van der Waals surface area contributed by atoms with Crippen molar-refractivity contribution in [1.82, 2.24) is 9.97 Å². The van der Waals surface area contributed by atoms with Crippen molar-refractivity contribution in [1.29, 1.82) is 0 Å². The monoisotopic (exact) mass is 534 g/mol. The number of benzene rings is 7. The van der Waals surface area contributed by atoms with Crippen LogP contribution in [0.25, 0.3) is 76.8 Å². The molecule has 0 aliphatic carbocycles. The fourth-order valence-corrected chi connectivity index (χ4v) is 6.24. The highest BCUT2D eigenvalue weighted by Gasteiger charge is 2.19. The minimum Gasteiger partial charge on any atom is -0.244 e. The zero-order valence-electron chi connectivity index (χ0n) is 22.9. The Balaban J connectivity index is 1.53. The number of rotatable bonds is 4. The third kappa shape index (κ3) is 4.13. The van der Waals surface area contributed by atoms with Crippen molar-refractivity contribution >= 4 is 32.3 Å². The number of aromatic nitrogens is 2. The van der Waals surface area contributed by atoms with Gasteiger partial charge in [0.05, 0.1) is 0 Å². The molecule has 42 heavy (non-hydrogen) atoms. The summed E-state index contributed by atoms with van der Waals surface area (Å²) in [7, 11) is 0. The van der Waals surface area contributed by atoms with Crippen molar-refractivity contribution < 1.29 is 0 Å². The van der Waals surface area contributed by atoms with E-state index in [9.17, 15) is 0 Å². The number of fused-ring (bicyclic) bond motifs is 3. The van der Waals surface area contributed by atoms with Crippen molar-refractivity contribution in [3.05, 3.63) is 158 Å². The third-order valence-electron chi connectivity index (χ3n) is 8.22. The highest BCUT2D eigenvalue weighted by molar-refractivity contribution is 6.22. The SMILES string of the molecule is c1ccc(-c2ccc3c(-c4ccc5ccccc5c4)c4cc(-c5ccccc5)ccc4c(-c4cncnc4)c3c2)cc1. The smallest absolute Gasteiger partial charge is 0.115 e. The van der Waals surface area contributed by atoms with Crippen LogP contribution in [0.2, 0.25) is 0 Å². The molecule has 0 saturated heterocycles. The van der Waals surface area contributed by atoms with E-state index in [0.29, 0.717) is 0 Å². The maximum absolute atomic E-state index is 4.42. The Bertz CT molecular complexity index is 2220. The molecule has 8 rings (SSSR count). The molecule has 0 radical (unpaired) electrons. The maximum Gasteiger partial charge on any atom is 0.115 e. The molecule has 2 nitrogen and oxygen atoms in total. The van der Waals surface area contributed by atoms with Crippen LogP contribution in [0.4, 0.5) is 0 Å². The quantitative estimate of drug-likeness (QED) is 0.210. The average molecular weight is 535 g/mol. The molecule has 1 aromatic heterocycles. The summed E-state index contributed by atoms with van der Waals surface area (Å²) in [5.74, 6) is 0. The molecule has 0 bridgehead atoms. The van der Waals surface area contributed by atoms with E-state index in [1.54, 1.807) is 6.33 Å². The summed E-state index contributed by atoms with van der Waals surface area (Å²) in [5.41, 5.74) is 9.39. The van der Waals surface area contributed by atoms with Crippen LogP contribution in [-0.4, -0.2) is 9.97 Å². The summed E-state index contributed by atoms with van der Waals surface area (Å²) < 4.78 is 0. The second kappa shape index (κ2) is 10.1. The zero-order valence-corrected chi connectivity index (χ0v) is 22.9. The Morgan fingerprint density at radius 2 is 0.810 bits per heavy atom. The van der Waals surface area contributed by atoms with Crippen molar-refractivity contribution in [3.63, 3.8) is 0 Å². The first-order valence-corrected chi connectivity index (χ1v) is 14.2. The number of hydrogen-bond acceptors (Lipinski definition) is 2. The largest absolute Gasteiger partial charge is 0.244 e. The fraction of sp³-hybridized carbons (Fsp3) is 0. The van der Waals surface area contributed by atoms with Crippen molar-refractivity contribution in [2.24, 2.45) is 0 Å². The molecule has 0 amide bonds. The van der Waals surface area contributed by atoms with Gasteiger partial charge >= 0.3 is 0 Å². The molecule has 0 aliphatic heterocycles. The van der Waals surface area contributed by atoms with Gasteiger partial charge in [-0.3, -0.25) is 0 Å². The Labute approximate surface area is 244 Å². The van der Waals surface area contributed by atoms with Gasteiger partial charge in [0.1, 0.15) is 6.33 Å². The van der Waals surface area contributed by atoms with Crippen molar-refractivity contribution in [2.45, 2.75) is 0 Å². The van der Waals surface area contributed by atoms with Crippen molar-refractivity contribution in [2.75, 3.05) is 0 Å². The highest BCUT2D eigenvalue weighted by atomic mass is 14.8. The van der Waals surface area contributed by atoms with E-state index in [2.05, 4.69) is 149 Å². The third-order valence-corrected chi connectivity index (χ3v) is 8.22. The summed E-state index contributed by atoms with van der Waals surface area (Å²) in [4.78, 5) is 8.85. The molecule has 0 spiro atoms. The first-order valence-electron chi connectivity index (χ1n) is 14.2. The van der Waals surface area contributed by atoms with Crippen LogP contribution in [0, 0.1) is 0 Å². The normalized spacial score (nSPS) is 11.3.